The van der Waals surface area contributed by atoms with Gasteiger partial charge in [-0.3, -0.25) is 4.99 Å². The van der Waals surface area contributed by atoms with Gasteiger partial charge in [-0.1, -0.05) is 56.7 Å². The first kappa shape index (κ1) is 17.6. The number of allylic oxidation sites excluding steroid dienone is 7. The van der Waals surface area contributed by atoms with E-state index in [-0.39, 0.29) is 5.41 Å². The van der Waals surface area contributed by atoms with E-state index < -0.39 is 0 Å². The van der Waals surface area contributed by atoms with Gasteiger partial charge in [-0.15, -0.1) is 0 Å². The summed E-state index contributed by atoms with van der Waals surface area (Å²) < 4.78 is 0. The van der Waals surface area contributed by atoms with Crippen LogP contribution in [0.4, 0.5) is 0 Å². The van der Waals surface area contributed by atoms with Gasteiger partial charge in [0.15, 0.2) is 0 Å². The first-order valence-corrected chi connectivity index (χ1v) is 6.82. The molecule has 0 aliphatic rings. The average molecular weight is 259 g/mol. The Morgan fingerprint density at radius 1 is 1.16 bits per heavy atom. The lowest BCUT2D eigenvalue weighted by Crippen LogP contribution is -2.18. The van der Waals surface area contributed by atoms with Crippen LogP contribution in [0.3, 0.4) is 0 Å². The predicted octanol–water partition coefficient (Wildman–Crippen LogP) is 5.52. The van der Waals surface area contributed by atoms with Crippen LogP contribution in [0.1, 0.15) is 48.0 Å². The zero-order valence-electron chi connectivity index (χ0n) is 13.7. The smallest absolute Gasteiger partial charge is 0.0397 e. The summed E-state index contributed by atoms with van der Waals surface area (Å²) in [6, 6.07) is 0. The van der Waals surface area contributed by atoms with Crippen molar-refractivity contribution in [3.8, 4) is 0 Å². The highest BCUT2D eigenvalue weighted by atomic mass is 14.7. The Kier molecular flexibility index (Phi) is 7.36. The van der Waals surface area contributed by atoms with Crippen molar-refractivity contribution in [2.75, 3.05) is 7.05 Å². The summed E-state index contributed by atoms with van der Waals surface area (Å²) in [6.45, 7) is 16.8. The molecule has 0 rings (SSSR count). The molecule has 0 aromatic rings. The third-order valence-electron chi connectivity index (χ3n) is 2.94. The Balaban J connectivity index is 5.13. The third kappa shape index (κ3) is 6.95. The first-order valence-electron chi connectivity index (χ1n) is 6.82. The fourth-order valence-corrected chi connectivity index (χ4v) is 1.79. The Labute approximate surface area is 119 Å². The Morgan fingerprint density at radius 2 is 1.74 bits per heavy atom. The van der Waals surface area contributed by atoms with Crippen LogP contribution >= 0.6 is 0 Å². The van der Waals surface area contributed by atoms with Crippen molar-refractivity contribution in [1.82, 2.24) is 0 Å². The van der Waals surface area contributed by atoms with Crippen molar-refractivity contribution in [1.29, 1.82) is 0 Å². The molecule has 1 heteroatoms. The SMILES string of the molecule is C=C/C=C\C(C/C(C)=C\C(=N/C)C(C)(C)C)=C(C)C. The topological polar surface area (TPSA) is 12.4 Å². The van der Waals surface area contributed by atoms with Gasteiger partial charge in [0.1, 0.15) is 0 Å². The van der Waals surface area contributed by atoms with E-state index in [0.29, 0.717) is 0 Å². The summed E-state index contributed by atoms with van der Waals surface area (Å²) in [6.07, 6.45) is 9.12. The second-order valence-electron chi connectivity index (χ2n) is 6.15. The van der Waals surface area contributed by atoms with E-state index in [0.717, 1.165) is 12.1 Å². The molecule has 0 fully saturated rings. The largest absolute Gasteiger partial charge is 0.293 e. The van der Waals surface area contributed by atoms with Gasteiger partial charge in [0.05, 0.1) is 0 Å². The quantitative estimate of drug-likeness (QED) is 0.455. The van der Waals surface area contributed by atoms with Gasteiger partial charge in [0.25, 0.3) is 0 Å². The van der Waals surface area contributed by atoms with Crippen LogP contribution in [0.2, 0.25) is 0 Å². The van der Waals surface area contributed by atoms with E-state index in [1.165, 1.54) is 16.7 Å². The maximum atomic E-state index is 4.40. The fraction of sp³-hybridized carbons (Fsp3) is 0.500. The minimum Gasteiger partial charge on any atom is -0.293 e. The lowest BCUT2D eigenvalue weighted by atomic mass is 9.88. The van der Waals surface area contributed by atoms with E-state index in [1.807, 2.05) is 19.2 Å². The second kappa shape index (κ2) is 7.93. The molecule has 0 saturated heterocycles. The number of hydrogen-bond donors (Lipinski definition) is 0. The minimum atomic E-state index is 0.0953. The number of aliphatic imine (C=N–C) groups is 1. The van der Waals surface area contributed by atoms with Crippen molar-refractivity contribution >= 4 is 5.71 Å². The van der Waals surface area contributed by atoms with Crippen LogP contribution < -0.4 is 0 Å². The summed E-state index contributed by atoms with van der Waals surface area (Å²) in [7, 11) is 1.86. The van der Waals surface area contributed by atoms with Crippen molar-refractivity contribution in [3.63, 3.8) is 0 Å². The third-order valence-corrected chi connectivity index (χ3v) is 2.94. The standard InChI is InChI=1S/C18H29N/c1-9-10-11-16(14(2)3)12-15(4)13-17(19-8)18(5,6)7/h9-11,13H,1,12H2,2-8H3/b11-10-,15-13-,19-17+. The van der Waals surface area contributed by atoms with Crippen LogP contribution in [0.5, 0.6) is 0 Å². The van der Waals surface area contributed by atoms with Crippen molar-refractivity contribution < 1.29 is 0 Å². The maximum Gasteiger partial charge on any atom is 0.0397 e. The van der Waals surface area contributed by atoms with E-state index >= 15 is 0 Å². The molecule has 0 spiro atoms. The summed E-state index contributed by atoms with van der Waals surface area (Å²) in [4.78, 5) is 4.40. The van der Waals surface area contributed by atoms with Crippen molar-refractivity contribution in [2.24, 2.45) is 10.4 Å². The highest BCUT2D eigenvalue weighted by Gasteiger charge is 2.16. The number of hydrogen-bond acceptors (Lipinski definition) is 1. The molecule has 0 unspecified atom stereocenters. The Hall–Kier alpha value is -1.37. The average Bonchev–Trinajstić information content (AvgIpc) is 2.29. The Morgan fingerprint density at radius 3 is 2.11 bits per heavy atom. The molecule has 0 saturated carbocycles. The molecule has 0 amide bonds. The molecule has 0 aliphatic heterocycles. The van der Waals surface area contributed by atoms with Crippen LogP contribution in [0.15, 0.2) is 52.6 Å². The highest BCUT2D eigenvalue weighted by molar-refractivity contribution is 5.99. The van der Waals surface area contributed by atoms with Gasteiger partial charge in [0, 0.05) is 18.2 Å². The van der Waals surface area contributed by atoms with Crippen LogP contribution in [0.25, 0.3) is 0 Å². The lowest BCUT2D eigenvalue weighted by Gasteiger charge is -2.19. The fourth-order valence-electron chi connectivity index (χ4n) is 1.79. The Bertz CT molecular complexity index is 419. The molecule has 1 nitrogen and oxygen atoms in total. The summed E-state index contributed by atoms with van der Waals surface area (Å²) in [5.41, 5.74) is 5.26. The summed E-state index contributed by atoms with van der Waals surface area (Å²) >= 11 is 0. The predicted molar refractivity (Wildman–Crippen MR) is 88.9 cm³/mol. The van der Waals surface area contributed by atoms with Gasteiger partial charge in [-0.05, 0) is 38.8 Å². The molecule has 0 N–H and O–H groups in total. The number of nitrogens with zero attached hydrogens (tertiary/aromatic N) is 1. The monoisotopic (exact) mass is 259 g/mol. The first-order chi connectivity index (χ1) is 8.72. The molecule has 0 aliphatic carbocycles. The summed E-state index contributed by atoms with van der Waals surface area (Å²) in [5.74, 6) is 0. The molecule has 0 heterocycles. The van der Waals surface area contributed by atoms with Gasteiger partial charge in [-0.2, -0.15) is 0 Å². The zero-order chi connectivity index (χ0) is 15.1. The molecular weight excluding hydrogens is 230 g/mol. The number of rotatable bonds is 5. The van der Waals surface area contributed by atoms with Crippen LogP contribution in [-0.2, 0) is 0 Å². The van der Waals surface area contributed by atoms with Gasteiger partial charge >= 0.3 is 0 Å². The van der Waals surface area contributed by atoms with Gasteiger partial charge < -0.3 is 0 Å². The van der Waals surface area contributed by atoms with Crippen LogP contribution in [-0.4, -0.2) is 12.8 Å². The molecule has 0 radical (unpaired) electrons. The van der Waals surface area contributed by atoms with E-state index in [1.54, 1.807) is 0 Å². The molecule has 0 atom stereocenters. The highest BCUT2D eigenvalue weighted by Crippen LogP contribution is 2.21. The molecule has 0 bridgehead atoms. The van der Waals surface area contributed by atoms with E-state index in [4.69, 9.17) is 0 Å². The second-order valence-corrected chi connectivity index (χ2v) is 6.15. The zero-order valence-corrected chi connectivity index (χ0v) is 13.7. The lowest BCUT2D eigenvalue weighted by molar-refractivity contribution is 0.593. The molecule has 19 heavy (non-hydrogen) atoms. The van der Waals surface area contributed by atoms with Crippen molar-refractivity contribution in [3.05, 3.63) is 47.6 Å². The molecular formula is C18H29N. The maximum absolute atomic E-state index is 4.40. The summed E-state index contributed by atoms with van der Waals surface area (Å²) in [5, 5.41) is 0. The minimum absolute atomic E-state index is 0.0953. The van der Waals surface area contributed by atoms with E-state index in [9.17, 15) is 0 Å². The van der Waals surface area contributed by atoms with E-state index in [2.05, 4.69) is 65.3 Å². The van der Waals surface area contributed by atoms with Gasteiger partial charge in [0.2, 0.25) is 0 Å². The van der Waals surface area contributed by atoms with Crippen molar-refractivity contribution in [2.45, 2.75) is 48.0 Å². The normalized spacial score (nSPS) is 13.8. The van der Waals surface area contributed by atoms with Gasteiger partial charge in [-0.25, -0.2) is 0 Å². The van der Waals surface area contributed by atoms with Crippen LogP contribution in [0, 0.1) is 5.41 Å². The molecule has 0 aromatic carbocycles. The molecule has 0 aromatic heterocycles. The molecule has 106 valence electrons.